The minimum atomic E-state index is -0.588. The number of anilines is 2. The molecule has 156 valence electrons. The monoisotopic (exact) mass is 413 g/mol. The smallest absolute Gasteiger partial charge is 0.412 e. The lowest BCUT2D eigenvalue weighted by Crippen LogP contribution is -2.27. The number of ether oxygens (including phenoxy) is 1. The Bertz CT molecular complexity index is 1140. The Morgan fingerprint density at radius 3 is 1.97 bits per heavy atom. The Hall–Kier alpha value is -4.11. The highest BCUT2D eigenvalue weighted by atomic mass is 16.6. The maximum Gasteiger partial charge on any atom is 0.412 e. The van der Waals surface area contributed by atoms with E-state index < -0.39 is 11.7 Å². The van der Waals surface area contributed by atoms with Gasteiger partial charge in [-0.25, -0.2) is 4.79 Å². The van der Waals surface area contributed by atoms with Crippen molar-refractivity contribution >= 4 is 23.4 Å². The lowest BCUT2D eigenvalue weighted by atomic mass is 9.95. The minimum Gasteiger partial charge on any atom is -0.444 e. The lowest BCUT2D eigenvalue weighted by Gasteiger charge is -2.19. The number of hydrogen-bond donors (Lipinski definition) is 2. The van der Waals surface area contributed by atoms with E-state index >= 15 is 0 Å². The third-order valence-electron chi connectivity index (χ3n) is 4.30. The van der Waals surface area contributed by atoms with Gasteiger partial charge in [-0.2, -0.15) is 5.26 Å². The number of amides is 2. The summed E-state index contributed by atoms with van der Waals surface area (Å²) in [5.74, 6) is -0.295. The highest BCUT2D eigenvalue weighted by Gasteiger charge is 2.17. The van der Waals surface area contributed by atoms with Gasteiger partial charge in [0.05, 0.1) is 11.6 Å². The fourth-order valence-electron chi connectivity index (χ4n) is 2.99. The first-order valence-electron chi connectivity index (χ1n) is 9.77. The summed E-state index contributed by atoms with van der Waals surface area (Å²) in [5.41, 5.74) is 2.88. The zero-order chi connectivity index (χ0) is 22.4. The first kappa shape index (κ1) is 21.6. The van der Waals surface area contributed by atoms with Crippen LogP contribution in [0.25, 0.3) is 11.1 Å². The summed E-state index contributed by atoms with van der Waals surface area (Å²) in [4.78, 5) is 24.8. The van der Waals surface area contributed by atoms with Crippen molar-refractivity contribution in [2.45, 2.75) is 26.4 Å². The second-order valence-corrected chi connectivity index (χ2v) is 7.86. The normalized spacial score (nSPS) is 10.6. The van der Waals surface area contributed by atoms with Gasteiger partial charge in [0.15, 0.2) is 0 Å². The standard InChI is InChI=1S/C25H23N3O3/c1-25(2,3)31-24(30)28-19-14-12-18(13-15-19)27-23(29)22-11-7-6-10-21(22)20-9-5-4-8-17(20)16-26/h4-15H,1-3H3,(H,27,29)(H,28,30). The second kappa shape index (κ2) is 9.14. The molecule has 2 amide bonds. The molecule has 31 heavy (non-hydrogen) atoms. The molecule has 0 saturated carbocycles. The molecule has 3 aromatic carbocycles. The van der Waals surface area contributed by atoms with Crippen LogP contribution in [-0.4, -0.2) is 17.6 Å². The molecule has 0 aliphatic rings. The number of hydrogen-bond acceptors (Lipinski definition) is 4. The van der Waals surface area contributed by atoms with Gasteiger partial charge in [-0.3, -0.25) is 10.1 Å². The van der Waals surface area contributed by atoms with Gasteiger partial charge in [0.2, 0.25) is 0 Å². The number of nitrogens with one attached hydrogen (secondary N) is 2. The predicted octanol–water partition coefficient (Wildman–Crippen LogP) is 5.82. The van der Waals surface area contributed by atoms with Gasteiger partial charge in [-0.05, 0) is 62.7 Å². The highest BCUT2D eigenvalue weighted by Crippen LogP contribution is 2.27. The Morgan fingerprint density at radius 2 is 1.35 bits per heavy atom. The van der Waals surface area contributed by atoms with Crippen LogP contribution in [0.5, 0.6) is 0 Å². The molecule has 3 aromatic rings. The maximum absolute atomic E-state index is 12.9. The molecule has 0 aliphatic heterocycles. The van der Waals surface area contributed by atoms with Crippen LogP contribution in [-0.2, 0) is 4.74 Å². The number of carbonyl (C=O) groups excluding carboxylic acids is 2. The lowest BCUT2D eigenvalue weighted by molar-refractivity contribution is 0.0635. The van der Waals surface area contributed by atoms with Gasteiger partial charge in [0, 0.05) is 22.5 Å². The number of nitrogens with zero attached hydrogens (tertiary/aromatic N) is 1. The molecule has 2 N–H and O–H groups in total. The van der Waals surface area contributed by atoms with Crippen LogP contribution in [0.15, 0.2) is 72.8 Å². The van der Waals surface area contributed by atoms with E-state index in [1.54, 1.807) is 69.3 Å². The third-order valence-corrected chi connectivity index (χ3v) is 4.30. The van der Waals surface area contributed by atoms with Gasteiger partial charge in [0.1, 0.15) is 5.60 Å². The summed E-state index contributed by atoms with van der Waals surface area (Å²) < 4.78 is 5.23. The average molecular weight is 413 g/mol. The highest BCUT2D eigenvalue weighted by molar-refractivity contribution is 6.09. The van der Waals surface area contributed by atoms with Gasteiger partial charge in [-0.1, -0.05) is 36.4 Å². The van der Waals surface area contributed by atoms with E-state index in [-0.39, 0.29) is 5.91 Å². The fraction of sp³-hybridized carbons (Fsp3) is 0.160. The molecule has 6 nitrogen and oxygen atoms in total. The first-order valence-corrected chi connectivity index (χ1v) is 9.77. The number of nitriles is 1. The van der Waals surface area contributed by atoms with Crippen molar-refractivity contribution in [2.75, 3.05) is 10.6 Å². The summed E-state index contributed by atoms with van der Waals surface area (Å²) in [7, 11) is 0. The average Bonchev–Trinajstić information content (AvgIpc) is 2.73. The van der Waals surface area contributed by atoms with Crippen molar-refractivity contribution in [3.05, 3.63) is 83.9 Å². The minimum absolute atomic E-state index is 0.295. The number of benzene rings is 3. The molecule has 0 aromatic heterocycles. The Balaban J connectivity index is 1.76. The number of carbonyl (C=O) groups is 2. The molecule has 0 aliphatic carbocycles. The predicted molar refractivity (Wildman–Crippen MR) is 121 cm³/mol. The van der Waals surface area contributed by atoms with Crippen LogP contribution in [0.2, 0.25) is 0 Å². The SMILES string of the molecule is CC(C)(C)OC(=O)Nc1ccc(NC(=O)c2ccccc2-c2ccccc2C#N)cc1. The van der Waals surface area contributed by atoms with E-state index in [9.17, 15) is 14.9 Å². The van der Waals surface area contributed by atoms with Crippen molar-refractivity contribution in [1.82, 2.24) is 0 Å². The van der Waals surface area contributed by atoms with Crippen LogP contribution < -0.4 is 10.6 Å². The molecule has 0 radical (unpaired) electrons. The molecule has 3 rings (SSSR count). The zero-order valence-electron chi connectivity index (χ0n) is 17.6. The van der Waals surface area contributed by atoms with Gasteiger partial charge >= 0.3 is 6.09 Å². The largest absolute Gasteiger partial charge is 0.444 e. The maximum atomic E-state index is 12.9. The molecule has 0 fully saturated rings. The Morgan fingerprint density at radius 1 is 0.806 bits per heavy atom. The summed E-state index contributed by atoms with van der Waals surface area (Å²) in [6.07, 6.45) is -0.547. The topological polar surface area (TPSA) is 91.2 Å². The van der Waals surface area contributed by atoms with Crippen LogP contribution >= 0.6 is 0 Å². The van der Waals surface area contributed by atoms with E-state index in [0.29, 0.717) is 33.6 Å². The van der Waals surface area contributed by atoms with E-state index in [2.05, 4.69) is 16.7 Å². The van der Waals surface area contributed by atoms with Crippen molar-refractivity contribution < 1.29 is 14.3 Å². The summed E-state index contributed by atoms with van der Waals surface area (Å²) in [6.45, 7) is 5.37. The Kier molecular flexibility index (Phi) is 6.37. The van der Waals surface area contributed by atoms with Crippen LogP contribution in [0.4, 0.5) is 16.2 Å². The molecule has 0 saturated heterocycles. The third kappa shape index (κ3) is 5.71. The summed E-state index contributed by atoms with van der Waals surface area (Å²) in [6, 6.07) is 23.2. The molecule has 0 heterocycles. The quantitative estimate of drug-likeness (QED) is 0.563. The molecule has 0 spiro atoms. The number of rotatable bonds is 4. The van der Waals surface area contributed by atoms with E-state index in [1.807, 2.05) is 24.3 Å². The molecule has 0 atom stereocenters. The van der Waals surface area contributed by atoms with Crippen molar-refractivity contribution in [1.29, 1.82) is 5.26 Å². The zero-order valence-corrected chi connectivity index (χ0v) is 17.6. The molecule has 6 heteroatoms. The van der Waals surface area contributed by atoms with Crippen LogP contribution in [0.1, 0.15) is 36.7 Å². The molecule has 0 unspecified atom stereocenters. The summed E-state index contributed by atoms with van der Waals surface area (Å²) >= 11 is 0. The Labute approximate surface area is 181 Å². The molecular formula is C25H23N3O3. The van der Waals surface area contributed by atoms with E-state index in [1.165, 1.54) is 0 Å². The van der Waals surface area contributed by atoms with E-state index in [4.69, 9.17) is 4.74 Å². The second-order valence-electron chi connectivity index (χ2n) is 7.86. The van der Waals surface area contributed by atoms with Crippen molar-refractivity contribution in [2.24, 2.45) is 0 Å². The summed E-state index contributed by atoms with van der Waals surface area (Å²) in [5, 5.41) is 14.9. The van der Waals surface area contributed by atoms with Gasteiger partial charge in [0.25, 0.3) is 5.91 Å². The molecule has 0 bridgehead atoms. The van der Waals surface area contributed by atoms with E-state index in [0.717, 1.165) is 0 Å². The molecular weight excluding hydrogens is 390 g/mol. The van der Waals surface area contributed by atoms with Crippen LogP contribution in [0, 0.1) is 11.3 Å². The first-order chi connectivity index (χ1) is 14.8. The van der Waals surface area contributed by atoms with Crippen molar-refractivity contribution in [3.8, 4) is 17.2 Å². The van der Waals surface area contributed by atoms with Crippen LogP contribution in [0.3, 0.4) is 0 Å². The van der Waals surface area contributed by atoms with Crippen molar-refractivity contribution in [3.63, 3.8) is 0 Å². The van der Waals surface area contributed by atoms with Gasteiger partial charge < -0.3 is 10.1 Å². The van der Waals surface area contributed by atoms with Gasteiger partial charge in [-0.15, -0.1) is 0 Å². The fourth-order valence-corrected chi connectivity index (χ4v) is 2.99.